The molecule has 0 radical (unpaired) electrons. The maximum absolute atomic E-state index is 5.89. The predicted octanol–water partition coefficient (Wildman–Crippen LogP) is 1.10. The average molecular weight is 212 g/mol. The number of nitrogens with zero attached hydrogens (tertiary/aromatic N) is 1. The molecule has 0 spiro atoms. The molecule has 2 aliphatic rings. The fourth-order valence-corrected chi connectivity index (χ4v) is 2.43. The number of hydrogen-bond donors (Lipinski definition) is 1. The minimum absolute atomic E-state index is 0.407. The Balaban J connectivity index is 1.82. The molecule has 1 aliphatic heterocycles. The largest absolute Gasteiger partial charge is 0.374 e. The molecule has 3 heteroatoms. The molecule has 0 bridgehead atoms. The van der Waals surface area contributed by atoms with Crippen molar-refractivity contribution >= 4 is 0 Å². The SMILES string of the molecule is CCN1CCOC(C(CC2CC2)NC)C1. The first-order chi connectivity index (χ1) is 7.33. The van der Waals surface area contributed by atoms with Gasteiger partial charge in [0.2, 0.25) is 0 Å². The van der Waals surface area contributed by atoms with E-state index in [2.05, 4.69) is 24.2 Å². The van der Waals surface area contributed by atoms with Crippen LogP contribution >= 0.6 is 0 Å². The maximum Gasteiger partial charge on any atom is 0.0855 e. The molecule has 0 aromatic carbocycles. The Labute approximate surface area is 93.2 Å². The molecule has 1 saturated carbocycles. The van der Waals surface area contributed by atoms with Crippen molar-refractivity contribution in [3.63, 3.8) is 0 Å². The summed E-state index contributed by atoms with van der Waals surface area (Å²) in [4.78, 5) is 2.49. The number of likely N-dealkylation sites (N-methyl/N-ethyl adjacent to an activating group) is 2. The first-order valence-electron chi connectivity index (χ1n) is 6.34. The van der Waals surface area contributed by atoms with Crippen LogP contribution in [0.3, 0.4) is 0 Å². The summed E-state index contributed by atoms with van der Waals surface area (Å²) in [6.07, 6.45) is 4.58. The van der Waals surface area contributed by atoms with Crippen LogP contribution in [-0.2, 0) is 4.74 Å². The lowest BCUT2D eigenvalue weighted by molar-refractivity contribution is -0.0458. The van der Waals surface area contributed by atoms with Crippen LogP contribution in [0.25, 0.3) is 0 Å². The highest BCUT2D eigenvalue weighted by Gasteiger charge is 2.32. The molecule has 2 rings (SSSR count). The molecule has 3 nitrogen and oxygen atoms in total. The van der Waals surface area contributed by atoms with Crippen LogP contribution in [0.4, 0.5) is 0 Å². The van der Waals surface area contributed by atoms with Crippen LogP contribution in [0, 0.1) is 5.92 Å². The van der Waals surface area contributed by atoms with Crippen molar-refractivity contribution in [1.29, 1.82) is 0 Å². The van der Waals surface area contributed by atoms with Gasteiger partial charge in [-0.25, -0.2) is 0 Å². The van der Waals surface area contributed by atoms with Gasteiger partial charge in [0.05, 0.1) is 12.7 Å². The van der Waals surface area contributed by atoms with E-state index in [-0.39, 0.29) is 0 Å². The normalized spacial score (nSPS) is 30.4. The van der Waals surface area contributed by atoms with E-state index < -0.39 is 0 Å². The van der Waals surface area contributed by atoms with Gasteiger partial charge in [-0.2, -0.15) is 0 Å². The number of nitrogens with one attached hydrogen (secondary N) is 1. The van der Waals surface area contributed by atoms with Crippen molar-refractivity contribution in [2.24, 2.45) is 5.92 Å². The second-order valence-corrected chi connectivity index (χ2v) is 4.88. The Kier molecular flexibility index (Phi) is 4.00. The van der Waals surface area contributed by atoms with Gasteiger partial charge in [-0.3, -0.25) is 4.90 Å². The average Bonchev–Trinajstić information content (AvgIpc) is 3.10. The molecule has 1 N–H and O–H groups in total. The summed E-state index contributed by atoms with van der Waals surface area (Å²) in [6.45, 7) is 6.50. The smallest absolute Gasteiger partial charge is 0.0855 e. The number of hydrogen-bond acceptors (Lipinski definition) is 3. The molecule has 1 saturated heterocycles. The van der Waals surface area contributed by atoms with Gasteiger partial charge >= 0.3 is 0 Å². The minimum Gasteiger partial charge on any atom is -0.374 e. The van der Waals surface area contributed by atoms with Gasteiger partial charge < -0.3 is 10.1 Å². The molecule has 2 unspecified atom stereocenters. The van der Waals surface area contributed by atoms with Crippen molar-refractivity contribution in [3.8, 4) is 0 Å². The second-order valence-electron chi connectivity index (χ2n) is 4.88. The van der Waals surface area contributed by atoms with E-state index >= 15 is 0 Å². The van der Waals surface area contributed by atoms with E-state index in [0.717, 1.165) is 32.2 Å². The molecule has 2 atom stereocenters. The monoisotopic (exact) mass is 212 g/mol. The van der Waals surface area contributed by atoms with Gasteiger partial charge in [-0.05, 0) is 25.9 Å². The van der Waals surface area contributed by atoms with E-state index in [9.17, 15) is 0 Å². The third kappa shape index (κ3) is 3.16. The van der Waals surface area contributed by atoms with E-state index in [4.69, 9.17) is 4.74 Å². The molecule has 1 aliphatic carbocycles. The zero-order chi connectivity index (χ0) is 10.7. The molecule has 0 aromatic heterocycles. The summed E-state index contributed by atoms with van der Waals surface area (Å²) in [5, 5.41) is 3.44. The Morgan fingerprint density at radius 3 is 2.87 bits per heavy atom. The molecule has 1 heterocycles. The van der Waals surface area contributed by atoms with Crippen LogP contribution in [0.5, 0.6) is 0 Å². The fraction of sp³-hybridized carbons (Fsp3) is 1.00. The van der Waals surface area contributed by atoms with Crippen molar-refractivity contribution in [1.82, 2.24) is 10.2 Å². The maximum atomic E-state index is 5.89. The Hall–Kier alpha value is -0.120. The van der Waals surface area contributed by atoms with E-state index in [1.165, 1.54) is 19.3 Å². The van der Waals surface area contributed by atoms with Crippen molar-refractivity contribution in [2.45, 2.75) is 38.3 Å². The standard InChI is InChI=1S/C12H24N2O/c1-3-14-6-7-15-12(9-14)11(13-2)8-10-4-5-10/h10-13H,3-9H2,1-2H3. The van der Waals surface area contributed by atoms with Gasteiger partial charge in [-0.15, -0.1) is 0 Å². The molecule has 0 aromatic rings. The summed E-state index contributed by atoms with van der Waals surface area (Å²) in [5.41, 5.74) is 0. The second kappa shape index (κ2) is 5.28. The van der Waals surface area contributed by atoms with Crippen LogP contribution in [0.1, 0.15) is 26.2 Å². The van der Waals surface area contributed by atoms with Gasteiger partial charge in [0.1, 0.15) is 0 Å². The minimum atomic E-state index is 0.407. The number of morpholine rings is 1. The van der Waals surface area contributed by atoms with E-state index in [1.807, 2.05) is 0 Å². The zero-order valence-corrected chi connectivity index (χ0v) is 10.0. The zero-order valence-electron chi connectivity index (χ0n) is 10.0. The predicted molar refractivity (Wildman–Crippen MR) is 62.0 cm³/mol. The van der Waals surface area contributed by atoms with E-state index in [1.54, 1.807) is 0 Å². The molecule has 15 heavy (non-hydrogen) atoms. The summed E-state index contributed by atoms with van der Waals surface area (Å²) >= 11 is 0. The van der Waals surface area contributed by atoms with Crippen LogP contribution in [0.15, 0.2) is 0 Å². The summed E-state index contributed by atoms with van der Waals surface area (Å²) in [5.74, 6) is 0.975. The number of rotatable bonds is 5. The summed E-state index contributed by atoms with van der Waals surface area (Å²) < 4.78 is 5.89. The van der Waals surface area contributed by atoms with Gasteiger partial charge in [0.15, 0.2) is 0 Å². The van der Waals surface area contributed by atoms with Crippen molar-refractivity contribution in [2.75, 3.05) is 33.3 Å². The third-order valence-electron chi connectivity index (χ3n) is 3.73. The topological polar surface area (TPSA) is 24.5 Å². The van der Waals surface area contributed by atoms with Crippen molar-refractivity contribution < 1.29 is 4.74 Å². The Morgan fingerprint density at radius 1 is 1.47 bits per heavy atom. The first kappa shape index (κ1) is 11.4. The van der Waals surface area contributed by atoms with Gasteiger partial charge in [0.25, 0.3) is 0 Å². The molecule has 0 amide bonds. The highest BCUT2D eigenvalue weighted by atomic mass is 16.5. The van der Waals surface area contributed by atoms with Gasteiger partial charge in [0, 0.05) is 19.1 Å². The van der Waals surface area contributed by atoms with Crippen molar-refractivity contribution in [3.05, 3.63) is 0 Å². The fourth-order valence-electron chi connectivity index (χ4n) is 2.43. The first-order valence-corrected chi connectivity index (χ1v) is 6.34. The van der Waals surface area contributed by atoms with Crippen LogP contribution in [0.2, 0.25) is 0 Å². The summed E-state index contributed by atoms with van der Waals surface area (Å²) in [6, 6.07) is 0.562. The molecule has 88 valence electrons. The Morgan fingerprint density at radius 2 is 2.27 bits per heavy atom. The number of ether oxygens (including phenoxy) is 1. The van der Waals surface area contributed by atoms with Gasteiger partial charge in [-0.1, -0.05) is 19.8 Å². The lowest BCUT2D eigenvalue weighted by Gasteiger charge is -2.36. The third-order valence-corrected chi connectivity index (χ3v) is 3.73. The Bertz CT molecular complexity index is 194. The highest BCUT2D eigenvalue weighted by molar-refractivity contribution is 4.87. The van der Waals surface area contributed by atoms with Crippen LogP contribution in [-0.4, -0.2) is 50.3 Å². The molecular formula is C12H24N2O. The van der Waals surface area contributed by atoms with E-state index in [0.29, 0.717) is 12.1 Å². The lowest BCUT2D eigenvalue weighted by atomic mass is 10.0. The molecular weight excluding hydrogens is 188 g/mol. The lowest BCUT2D eigenvalue weighted by Crippen LogP contribution is -2.51. The quantitative estimate of drug-likeness (QED) is 0.738. The summed E-state index contributed by atoms with van der Waals surface area (Å²) in [7, 11) is 2.07. The van der Waals surface area contributed by atoms with Crippen LogP contribution < -0.4 is 5.32 Å². The molecule has 2 fully saturated rings. The highest BCUT2D eigenvalue weighted by Crippen LogP contribution is 2.34.